The van der Waals surface area contributed by atoms with Gasteiger partial charge in [-0.15, -0.1) is 0 Å². The van der Waals surface area contributed by atoms with Gasteiger partial charge in [0.15, 0.2) is 5.96 Å². The Morgan fingerprint density at radius 1 is 1.33 bits per heavy atom. The van der Waals surface area contributed by atoms with Crippen LogP contribution in [0.15, 0.2) is 41.5 Å². The number of aromatic nitrogens is 2. The van der Waals surface area contributed by atoms with Crippen molar-refractivity contribution < 1.29 is 0 Å². The molecule has 0 saturated carbocycles. The normalized spacial score (nSPS) is 17.0. The van der Waals surface area contributed by atoms with Crippen LogP contribution in [0.4, 0.5) is 0 Å². The number of nitrogens with zero attached hydrogens (tertiary/aromatic N) is 3. The molecular formula is C16H21N5. The molecule has 2 N–H and O–H groups in total. The Morgan fingerprint density at radius 2 is 2.19 bits per heavy atom. The number of rotatable bonds is 4. The first kappa shape index (κ1) is 13.7. The summed E-state index contributed by atoms with van der Waals surface area (Å²) in [5, 5.41) is 10.9. The fraction of sp³-hybridized carbons (Fsp3) is 0.375. The summed E-state index contributed by atoms with van der Waals surface area (Å²) in [6.45, 7) is 1.64. The predicted octanol–water partition coefficient (Wildman–Crippen LogP) is 1.42. The van der Waals surface area contributed by atoms with Crippen LogP contribution in [-0.2, 0) is 20.0 Å². The molecule has 21 heavy (non-hydrogen) atoms. The summed E-state index contributed by atoms with van der Waals surface area (Å²) in [6, 6.07) is 10.7. The topological polar surface area (TPSA) is 54.2 Å². The second kappa shape index (κ2) is 5.99. The molecule has 5 heteroatoms. The van der Waals surface area contributed by atoms with Crippen molar-refractivity contribution in [1.29, 1.82) is 0 Å². The lowest BCUT2D eigenvalue weighted by molar-refractivity contribution is 0.582. The van der Waals surface area contributed by atoms with Crippen molar-refractivity contribution in [3.63, 3.8) is 0 Å². The summed E-state index contributed by atoms with van der Waals surface area (Å²) in [7, 11) is 3.74. The molecule has 1 aromatic carbocycles. The Kier molecular flexibility index (Phi) is 3.90. The first-order valence-corrected chi connectivity index (χ1v) is 7.27. The predicted molar refractivity (Wildman–Crippen MR) is 84.3 cm³/mol. The highest BCUT2D eigenvalue weighted by atomic mass is 15.3. The van der Waals surface area contributed by atoms with Crippen LogP contribution >= 0.6 is 0 Å². The van der Waals surface area contributed by atoms with Gasteiger partial charge in [-0.2, -0.15) is 5.10 Å². The Hall–Kier alpha value is -2.30. The molecule has 1 aromatic heterocycles. The van der Waals surface area contributed by atoms with E-state index in [1.165, 1.54) is 11.1 Å². The van der Waals surface area contributed by atoms with Gasteiger partial charge in [0.2, 0.25) is 0 Å². The minimum Gasteiger partial charge on any atom is -0.356 e. The van der Waals surface area contributed by atoms with Crippen LogP contribution in [-0.4, -0.2) is 29.3 Å². The van der Waals surface area contributed by atoms with E-state index >= 15 is 0 Å². The van der Waals surface area contributed by atoms with E-state index in [1.54, 1.807) is 13.2 Å². The largest absolute Gasteiger partial charge is 0.356 e. The molecule has 0 bridgehead atoms. The first-order chi connectivity index (χ1) is 10.3. The van der Waals surface area contributed by atoms with Gasteiger partial charge in [0.25, 0.3) is 0 Å². The van der Waals surface area contributed by atoms with Gasteiger partial charge in [-0.3, -0.25) is 9.67 Å². The Labute approximate surface area is 125 Å². The van der Waals surface area contributed by atoms with Crippen LogP contribution in [0.25, 0.3) is 0 Å². The standard InChI is InChI=1S/C16H21N5/c1-17-16(19-11-14-7-8-20-21(14)2)18-10-13-9-12-5-3-4-6-15(12)13/h3-8,13H,9-11H2,1-2H3,(H2,17,18,19). The molecule has 2 aromatic rings. The molecule has 0 aliphatic heterocycles. The number of guanidine groups is 1. The second-order valence-electron chi connectivity index (χ2n) is 5.35. The van der Waals surface area contributed by atoms with E-state index in [4.69, 9.17) is 0 Å². The SMILES string of the molecule is CN=C(NCc1ccnn1C)NCC1Cc2ccccc21. The van der Waals surface area contributed by atoms with Crippen LogP contribution in [0.1, 0.15) is 22.7 Å². The zero-order valence-electron chi connectivity index (χ0n) is 12.5. The van der Waals surface area contributed by atoms with Crippen LogP contribution < -0.4 is 10.6 Å². The molecule has 0 radical (unpaired) electrons. The zero-order chi connectivity index (χ0) is 14.7. The number of benzene rings is 1. The number of hydrogen-bond donors (Lipinski definition) is 2. The van der Waals surface area contributed by atoms with Crippen molar-refractivity contribution in [2.45, 2.75) is 18.9 Å². The number of nitrogens with one attached hydrogen (secondary N) is 2. The highest BCUT2D eigenvalue weighted by Crippen LogP contribution is 2.33. The molecule has 0 spiro atoms. The maximum absolute atomic E-state index is 4.27. The number of aryl methyl sites for hydroxylation is 1. The number of aliphatic imine (C=N–C) groups is 1. The molecule has 1 atom stereocenters. The van der Waals surface area contributed by atoms with Crippen molar-refractivity contribution in [2.24, 2.45) is 12.0 Å². The Bertz CT molecular complexity index is 644. The van der Waals surface area contributed by atoms with E-state index in [0.29, 0.717) is 5.92 Å². The van der Waals surface area contributed by atoms with E-state index in [9.17, 15) is 0 Å². The van der Waals surface area contributed by atoms with Crippen molar-refractivity contribution in [3.8, 4) is 0 Å². The van der Waals surface area contributed by atoms with E-state index in [1.807, 2.05) is 17.8 Å². The van der Waals surface area contributed by atoms with Crippen molar-refractivity contribution in [2.75, 3.05) is 13.6 Å². The van der Waals surface area contributed by atoms with E-state index in [0.717, 1.165) is 31.2 Å². The molecule has 1 aliphatic carbocycles. The van der Waals surface area contributed by atoms with Gasteiger partial charge in [-0.25, -0.2) is 0 Å². The fourth-order valence-corrected chi connectivity index (χ4v) is 2.73. The van der Waals surface area contributed by atoms with Crippen LogP contribution in [0.3, 0.4) is 0 Å². The summed E-state index contributed by atoms with van der Waals surface area (Å²) in [5.41, 5.74) is 4.07. The molecule has 0 fully saturated rings. The minimum atomic E-state index is 0.594. The van der Waals surface area contributed by atoms with Gasteiger partial charge < -0.3 is 10.6 Å². The summed E-state index contributed by atoms with van der Waals surface area (Å²) < 4.78 is 1.86. The molecule has 0 amide bonds. The second-order valence-corrected chi connectivity index (χ2v) is 5.35. The average molecular weight is 283 g/mol. The van der Waals surface area contributed by atoms with Crippen molar-refractivity contribution in [3.05, 3.63) is 53.3 Å². The maximum atomic E-state index is 4.27. The quantitative estimate of drug-likeness (QED) is 0.659. The van der Waals surface area contributed by atoms with Gasteiger partial charge in [-0.05, 0) is 23.6 Å². The lowest BCUT2D eigenvalue weighted by Crippen LogP contribution is -2.41. The molecule has 3 rings (SSSR count). The van der Waals surface area contributed by atoms with E-state index in [2.05, 4.69) is 45.0 Å². The maximum Gasteiger partial charge on any atom is 0.191 e. The summed E-state index contributed by atoms with van der Waals surface area (Å²) in [4.78, 5) is 4.27. The van der Waals surface area contributed by atoms with Crippen molar-refractivity contribution >= 4 is 5.96 Å². The third kappa shape index (κ3) is 2.91. The van der Waals surface area contributed by atoms with Gasteiger partial charge in [0.05, 0.1) is 12.2 Å². The minimum absolute atomic E-state index is 0.594. The van der Waals surface area contributed by atoms with E-state index < -0.39 is 0 Å². The zero-order valence-corrected chi connectivity index (χ0v) is 12.5. The van der Waals surface area contributed by atoms with E-state index in [-0.39, 0.29) is 0 Å². The molecular weight excluding hydrogens is 262 g/mol. The first-order valence-electron chi connectivity index (χ1n) is 7.27. The molecule has 110 valence electrons. The third-order valence-electron chi connectivity index (χ3n) is 4.06. The molecule has 1 aliphatic rings. The fourth-order valence-electron chi connectivity index (χ4n) is 2.73. The smallest absolute Gasteiger partial charge is 0.191 e. The third-order valence-corrected chi connectivity index (χ3v) is 4.06. The Morgan fingerprint density at radius 3 is 2.90 bits per heavy atom. The van der Waals surface area contributed by atoms with Crippen LogP contribution in [0.5, 0.6) is 0 Å². The molecule has 5 nitrogen and oxygen atoms in total. The van der Waals surface area contributed by atoms with Crippen molar-refractivity contribution in [1.82, 2.24) is 20.4 Å². The highest BCUT2D eigenvalue weighted by molar-refractivity contribution is 5.79. The number of fused-ring (bicyclic) bond motifs is 1. The molecule has 0 saturated heterocycles. The summed E-state index contributed by atoms with van der Waals surface area (Å²) in [5.74, 6) is 1.43. The Balaban J connectivity index is 1.49. The lowest BCUT2D eigenvalue weighted by Gasteiger charge is -2.30. The van der Waals surface area contributed by atoms with Gasteiger partial charge in [0.1, 0.15) is 0 Å². The lowest BCUT2D eigenvalue weighted by atomic mass is 9.78. The highest BCUT2D eigenvalue weighted by Gasteiger charge is 2.25. The van der Waals surface area contributed by atoms with Gasteiger partial charge in [-0.1, -0.05) is 24.3 Å². The molecule has 1 unspecified atom stereocenters. The average Bonchev–Trinajstić information content (AvgIpc) is 2.88. The van der Waals surface area contributed by atoms with Gasteiger partial charge >= 0.3 is 0 Å². The summed E-state index contributed by atoms with van der Waals surface area (Å²) >= 11 is 0. The van der Waals surface area contributed by atoms with Crippen LogP contribution in [0.2, 0.25) is 0 Å². The molecule has 1 heterocycles. The monoisotopic (exact) mass is 283 g/mol. The van der Waals surface area contributed by atoms with Gasteiger partial charge in [0, 0.05) is 32.8 Å². The van der Waals surface area contributed by atoms with Crippen LogP contribution in [0, 0.1) is 0 Å². The summed E-state index contributed by atoms with van der Waals surface area (Å²) in [6.07, 6.45) is 2.96. The number of hydrogen-bond acceptors (Lipinski definition) is 2.